The number of nitrogens with one attached hydrogen (secondary N) is 1. The van der Waals surface area contributed by atoms with E-state index in [4.69, 9.17) is 9.26 Å². The molecule has 0 aromatic carbocycles. The summed E-state index contributed by atoms with van der Waals surface area (Å²) in [7, 11) is 0. The Morgan fingerprint density at radius 2 is 2.47 bits per heavy atom. The van der Waals surface area contributed by atoms with Gasteiger partial charge in [0.2, 0.25) is 5.91 Å². The Balaban J connectivity index is 1.72. The minimum Gasteiger partial charge on any atom is -0.375 e. The van der Waals surface area contributed by atoms with E-state index in [1.165, 1.54) is 6.26 Å². The number of carbonyl (C=O) groups excluding carboxylic acids is 1. The molecule has 1 saturated heterocycles. The monoisotopic (exact) mass is 267 g/mol. The highest BCUT2D eigenvalue weighted by molar-refractivity contribution is 5.76. The maximum absolute atomic E-state index is 11.8. The summed E-state index contributed by atoms with van der Waals surface area (Å²) in [6.07, 6.45) is 1.86. The third-order valence-corrected chi connectivity index (χ3v) is 3.27. The third-order valence-electron chi connectivity index (χ3n) is 3.27. The second-order valence-electron chi connectivity index (χ2n) is 5.05. The maximum Gasteiger partial charge on any atom is 0.222 e. The first kappa shape index (κ1) is 14.0. The van der Waals surface area contributed by atoms with Crippen LogP contribution in [0.1, 0.15) is 26.0 Å². The molecule has 1 aliphatic rings. The number of morpholine rings is 1. The summed E-state index contributed by atoms with van der Waals surface area (Å²) in [5.41, 5.74) is 0.724. The molecule has 1 amide bonds. The standard InChI is InChI=1S/C13H21N3O3/c1-10(2)16-4-6-18-12(9-16)7-13(17)14-8-11-3-5-19-15-11/h3,5,10,12H,4,6-9H2,1-2H3,(H,14,17)/t12-/m0/s1. The summed E-state index contributed by atoms with van der Waals surface area (Å²) in [4.78, 5) is 14.1. The van der Waals surface area contributed by atoms with E-state index in [-0.39, 0.29) is 12.0 Å². The smallest absolute Gasteiger partial charge is 0.222 e. The fourth-order valence-electron chi connectivity index (χ4n) is 2.13. The molecule has 0 bridgehead atoms. The lowest BCUT2D eigenvalue weighted by molar-refractivity contribution is -0.126. The molecule has 1 fully saturated rings. The highest BCUT2D eigenvalue weighted by atomic mass is 16.5. The van der Waals surface area contributed by atoms with Gasteiger partial charge in [0.25, 0.3) is 0 Å². The maximum atomic E-state index is 11.8. The van der Waals surface area contributed by atoms with E-state index in [0.717, 1.165) is 18.8 Å². The van der Waals surface area contributed by atoms with Crippen LogP contribution < -0.4 is 5.32 Å². The third kappa shape index (κ3) is 4.33. The molecule has 1 aliphatic heterocycles. The average molecular weight is 267 g/mol. The van der Waals surface area contributed by atoms with Gasteiger partial charge < -0.3 is 14.6 Å². The first-order valence-electron chi connectivity index (χ1n) is 6.66. The first-order valence-corrected chi connectivity index (χ1v) is 6.66. The number of hydrogen-bond acceptors (Lipinski definition) is 5. The molecule has 0 saturated carbocycles. The normalized spacial score (nSPS) is 20.7. The second kappa shape index (κ2) is 6.68. The Hall–Kier alpha value is -1.40. The molecule has 0 radical (unpaired) electrons. The van der Waals surface area contributed by atoms with Crippen LogP contribution in [0.5, 0.6) is 0 Å². The summed E-state index contributed by atoms with van der Waals surface area (Å²) in [5.74, 6) is -0.0152. The zero-order valence-electron chi connectivity index (χ0n) is 11.5. The highest BCUT2D eigenvalue weighted by Crippen LogP contribution is 2.11. The van der Waals surface area contributed by atoms with E-state index in [9.17, 15) is 4.79 Å². The predicted molar refractivity (Wildman–Crippen MR) is 69.4 cm³/mol. The van der Waals surface area contributed by atoms with Crippen LogP contribution in [0, 0.1) is 0 Å². The van der Waals surface area contributed by atoms with Crippen LogP contribution in [-0.2, 0) is 16.1 Å². The van der Waals surface area contributed by atoms with Gasteiger partial charge in [0.15, 0.2) is 0 Å². The second-order valence-corrected chi connectivity index (χ2v) is 5.05. The van der Waals surface area contributed by atoms with Crippen molar-refractivity contribution in [2.75, 3.05) is 19.7 Å². The Bertz CT molecular complexity index is 392. The molecule has 6 nitrogen and oxygen atoms in total. The van der Waals surface area contributed by atoms with Gasteiger partial charge in [0.1, 0.15) is 12.0 Å². The van der Waals surface area contributed by atoms with Crippen molar-refractivity contribution < 1.29 is 14.1 Å². The van der Waals surface area contributed by atoms with Crippen molar-refractivity contribution in [2.24, 2.45) is 0 Å². The van der Waals surface area contributed by atoms with Crippen LogP contribution in [0.4, 0.5) is 0 Å². The van der Waals surface area contributed by atoms with E-state index in [1.54, 1.807) is 6.07 Å². The summed E-state index contributed by atoms with van der Waals surface area (Å²) in [5, 5.41) is 6.56. The van der Waals surface area contributed by atoms with Crippen molar-refractivity contribution in [1.82, 2.24) is 15.4 Å². The molecule has 1 aromatic heterocycles. The Labute approximate surface area is 113 Å². The van der Waals surface area contributed by atoms with Gasteiger partial charge in [0.05, 0.1) is 25.7 Å². The average Bonchev–Trinajstić information content (AvgIpc) is 2.90. The lowest BCUT2D eigenvalue weighted by atomic mass is 10.1. The van der Waals surface area contributed by atoms with E-state index >= 15 is 0 Å². The van der Waals surface area contributed by atoms with Crippen molar-refractivity contribution in [3.05, 3.63) is 18.0 Å². The summed E-state index contributed by atoms with van der Waals surface area (Å²) < 4.78 is 10.3. The van der Waals surface area contributed by atoms with Gasteiger partial charge in [-0.05, 0) is 13.8 Å². The molecular formula is C13H21N3O3. The number of amides is 1. The van der Waals surface area contributed by atoms with Crippen LogP contribution in [0.25, 0.3) is 0 Å². The summed E-state index contributed by atoms with van der Waals surface area (Å²) in [6, 6.07) is 2.22. The molecule has 19 heavy (non-hydrogen) atoms. The lowest BCUT2D eigenvalue weighted by Crippen LogP contribution is -2.47. The van der Waals surface area contributed by atoms with Crippen LogP contribution in [0.15, 0.2) is 16.9 Å². The number of carbonyl (C=O) groups is 1. The van der Waals surface area contributed by atoms with Crippen LogP contribution in [0.3, 0.4) is 0 Å². The minimum atomic E-state index is -0.0199. The predicted octanol–water partition coefficient (Wildman–Crippen LogP) is 0.790. The van der Waals surface area contributed by atoms with Crippen molar-refractivity contribution in [3.63, 3.8) is 0 Å². The van der Waals surface area contributed by atoms with Crippen LogP contribution in [-0.4, -0.2) is 47.8 Å². The Morgan fingerprint density at radius 3 is 3.16 bits per heavy atom. The SMILES string of the molecule is CC(C)N1CCO[C@@H](CC(=O)NCc2ccon2)C1. The number of rotatable bonds is 5. The minimum absolute atomic E-state index is 0.0152. The van der Waals surface area contributed by atoms with Gasteiger partial charge in [-0.2, -0.15) is 0 Å². The highest BCUT2D eigenvalue weighted by Gasteiger charge is 2.24. The fourth-order valence-corrected chi connectivity index (χ4v) is 2.13. The number of hydrogen-bond donors (Lipinski definition) is 1. The van der Waals surface area contributed by atoms with Gasteiger partial charge in [-0.15, -0.1) is 0 Å². The largest absolute Gasteiger partial charge is 0.375 e. The molecule has 0 aliphatic carbocycles. The van der Waals surface area contributed by atoms with Crippen LogP contribution in [0.2, 0.25) is 0 Å². The van der Waals surface area contributed by atoms with E-state index in [0.29, 0.717) is 25.6 Å². The summed E-state index contributed by atoms with van der Waals surface area (Å²) in [6.45, 7) is 7.17. The molecule has 106 valence electrons. The van der Waals surface area contributed by atoms with Gasteiger partial charge in [0, 0.05) is 25.2 Å². The van der Waals surface area contributed by atoms with E-state index < -0.39 is 0 Å². The number of aromatic nitrogens is 1. The molecule has 0 spiro atoms. The zero-order chi connectivity index (χ0) is 13.7. The van der Waals surface area contributed by atoms with Gasteiger partial charge in [-0.3, -0.25) is 9.69 Å². The van der Waals surface area contributed by atoms with Crippen molar-refractivity contribution in [3.8, 4) is 0 Å². The molecule has 0 unspecified atom stereocenters. The van der Waals surface area contributed by atoms with Gasteiger partial charge in [-0.25, -0.2) is 0 Å². The zero-order valence-corrected chi connectivity index (χ0v) is 11.5. The molecule has 1 atom stereocenters. The van der Waals surface area contributed by atoms with Crippen molar-refractivity contribution in [1.29, 1.82) is 0 Å². The Kier molecular flexibility index (Phi) is 4.93. The molecule has 1 aromatic rings. The fraction of sp³-hybridized carbons (Fsp3) is 0.692. The lowest BCUT2D eigenvalue weighted by Gasteiger charge is -2.35. The van der Waals surface area contributed by atoms with Gasteiger partial charge in [-0.1, -0.05) is 5.16 Å². The molecule has 1 N–H and O–H groups in total. The molecule has 6 heteroatoms. The molecule has 2 heterocycles. The summed E-state index contributed by atoms with van der Waals surface area (Å²) >= 11 is 0. The van der Waals surface area contributed by atoms with Crippen molar-refractivity contribution in [2.45, 2.75) is 39.0 Å². The van der Waals surface area contributed by atoms with Crippen molar-refractivity contribution >= 4 is 5.91 Å². The number of ether oxygens (including phenoxy) is 1. The van der Waals surface area contributed by atoms with E-state index in [2.05, 4.69) is 29.2 Å². The van der Waals surface area contributed by atoms with Crippen LogP contribution >= 0.6 is 0 Å². The quantitative estimate of drug-likeness (QED) is 0.854. The van der Waals surface area contributed by atoms with Gasteiger partial charge >= 0.3 is 0 Å². The van der Waals surface area contributed by atoms with E-state index in [1.807, 2.05) is 0 Å². The molecule has 2 rings (SSSR count). The number of nitrogens with zero attached hydrogens (tertiary/aromatic N) is 2. The Morgan fingerprint density at radius 1 is 1.63 bits per heavy atom. The topological polar surface area (TPSA) is 67.6 Å². The first-order chi connectivity index (χ1) is 9.15. The molecular weight excluding hydrogens is 246 g/mol.